The molecule has 0 aliphatic heterocycles. The van der Waals surface area contributed by atoms with Gasteiger partial charge in [0.05, 0.1) is 0 Å². The molecule has 0 radical (unpaired) electrons. The van der Waals surface area contributed by atoms with Crippen molar-refractivity contribution in [3.8, 4) is 11.3 Å². The molecule has 0 spiro atoms. The van der Waals surface area contributed by atoms with E-state index in [0.717, 1.165) is 16.8 Å². The summed E-state index contributed by atoms with van der Waals surface area (Å²) in [6.07, 6.45) is 0. The van der Waals surface area contributed by atoms with E-state index in [4.69, 9.17) is 4.52 Å². The maximum Gasteiger partial charge on any atom is 0.171 e. The van der Waals surface area contributed by atoms with Crippen molar-refractivity contribution in [2.45, 2.75) is 13.6 Å². The van der Waals surface area contributed by atoms with Crippen LogP contribution < -0.4 is 0 Å². The third kappa shape index (κ3) is 1.41. The number of nitrogens with zero attached hydrogens (tertiary/aromatic N) is 1. The number of alkyl halides is 1. The minimum Gasteiger partial charge on any atom is -0.358 e. The van der Waals surface area contributed by atoms with Crippen LogP contribution >= 0.6 is 0 Å². The predicted octanol–water partition coefficient (Wildman–Crippen LogP) is 3.12. The second-order valence-electron chi connectivity index (χ2n) is 3.08. The first-order chi connectivity index (χ1) is 6.83. The molecule has 2 aromatic rings. The molecule has 2 rings (SSSR count). The number of benzene rings is 1. The van der Waals surface area contributed by atoms with E-state index in [0.29, 0.717) is 5.76 Å². The highest BCUT2D eigenvalue weighted by atomic mass is 19.1. The van der Waals surface area contributed by atoms with Crippen molar-refractivity contribution in [2.75, 3.05) is 0 Å². The van der Waals surface area contributed by atoms with Crippen LogP contribution in [0.2, 0.25) is 0 Å². The van der Waals surface area contributed by atoms with E-state index in [2.05, 4.69) is 5.16 Å². The Labute approximate surface area is 81.3 Å². The summed E-state index contributed by atoms with van der Waals surface area (Å²) < 4.78 is 17.3. The fourth-order valence-electron chi connectivity index (χ4n) is 1.36. The second-order valence-corrected chi connectivity index (χ2v) is 3.08. The van der Waals surface area contributed by atoms with Crippen LogP contribution in [0.15, 0.2) is 34.9 Å². The van der Waals surface area contributed by atoms with Crippen LogP contribution in [0.5, 0.6) is 0 Å². The van der Waals surface area contributed by atoms with Crippen molar-refractivity contribution in [2.24, 2.45) is 0 Å². The molecule has 1 heterocycles. The first-order valence-electron chi connectivity index (χ1n) is 4.39. The van der Waals surface area contributed by atoms with Crippen LogP contribution in [0.3, 0.4) is 0 Å². The van der Waals surface area contributed by atoms with Gasteiger partial charge in [0.2, 0.25) is 0 Å². The average molecular weight is 191 g/mol. The van der Waals surface area contributed by atoms with Crippen molar-refractivity contribution in [3.63, 3.8) is 0 Å². The lowest BCUT2D eigenvalue weighted by atomic mass is 10.1. The molecule has 0 N–H and O–H groups in total. The summed E-state index contributed by atoms with van der Waals surface area (Å²) in [5.74, 6) is 0.309. The molecule has 2 nitrogen and oxygen atoms in total. The van der Waals surface area contributed by atoms with E-state index in [9.17, 15) is 4.39 Å². The molecule has 0 aliphatic carbocycles. The van der Waals surface area contributed by atoms with Gasteiger partial charge < -0.3 is 4.52 Å². The van der Waals surface area contributed by atoms with E-state index < -0.39 is 6.67 Å². The van der Waals surface area contributed by atoms with Crippen LogP contribution in [0.1, 0.15) is 11.3 Å². The highest BCUT2D eigenvalue weighted by molar-refractivity contribution is 5.62. The Bertz CT molecular complexity index is 422. The standard InChI is InChI=1S/C11H10FNO/c1-8-10(7-12)14-13-11(8)9-5-3-2-4-6-9/h2-6H,7H2,1H3. The third-order valence-corrected chi connectivity index (χ3v) is 2.19. The van der Waals surface area contributed by atoms with Gasteiger partial charge in [-0.15, -0.1) is 0 Å². The summed E-state index contributed by atoms with van der Waals surface area (Å²) in [6, 6.07) is 9.60. The van der Waals surface area contributed by atoms with E-state index in [1.54, 1.807) is 0 Å². The molecular formula is C11H10FNO. The predicted molar refractivity (Wildman–Crippen MR) is 51.5 cm³/mol. The molecule has 3 heteroatoms. The topological polar surface area (TPSA) is 26.0 Å². The molecule has 0 aliphatic rings. The molecule has 0 fully saturated rings. The summed E-state index contributed by atoms with van der Waals surface area (Å²) in [4.78, 5) is 0. The number of rotatable bonds is 2. The molecule has 0 atom stereocenters. The zero-order valence-corrected chi connectivity index (χ0v) is 7.83. The van der Waals surface area contributed by atoms with Crippen molar-refractivity contribution in [3.05, 3.63) is 41.7 Å². The van der Waals surface area contributed by atoms with Gasteiger partial charge in [0, 0.05) is 11.1 Å². The van der Waals surface area contributed by atoms with E-state index in [-0.39, 0.29) is 0 Å². The minimum atomic E-state index is -0.605. The van der Waals surface area contributed by atoms with E-state index >= 15 is 0 Å². The zero-order valence-electron chi connectivity index (χ0n) is 7.83. The Kier molecular flexibility index (Phi) is 2.31. The summed E-state index contributed by atoms with van der Waals surface area (Å²) >= 11 is 0. The Morgan fingerprint density at radius 1 is 1.29 bits per heavy atom. The minimum absolute atomic E-state index is 0.309. The quantitative estimate of drug-likeness (QED) is 0.728. The summed E-state index contributed by atoms with van der Waals surface area (Å²) in [6.45, 7) is 1.21. The van der Waals surface area contributed by atoms with Gasteiger partial charge in [-0.1, -0.05) is 35.5 Å². The van der Waals surface area contributed by atoms with Crippen molar-refractivity contribution >= 4 is 0 Å². The molecule has 0 bridgehead atoms. The molecule has 1 aromatic heterocycles. The fourth-order valence-corrected chi connectivity index (χ4v) is 1.36. The molecule has 0 saturated carbocycles. The summed E-state index contributed by atoms with van der Waals surface area (Å²) in [7, 11) is 0. The average Bonchev–Trinajstić information content (AvgIpc) is 2.61. The van der Waals surface area contributed by atoms with Gasteiger partial charge in [-0.05, 0) is 6.92 Å². The van der Waals surface area contributed by atoms with Gasteiger partial charge in [0.1, 0.15) is 5.69 Å². The first kappa shape index (κ1) is 8.94. The molecule has 0 saturated heterocycles. The highest BCUT2D eigenvalue weighted by Crippen LogP contribution is 2.24. The van der Waals surface area contributed by atoms with Crippen molar-refractivity contribution in [1.82, 2.24) is 5.16 Å². The lowest BCUT2D eigenvalue weighted by Gasteiger charge is -1.95. The molecule has 0 amide bonds. The smallest absolute Gasteiger partial charge is 0.171 e. The number of halogens is 1. The first-order valence-corrected chi connectivity index (χ1v) is 4.39. The highest BCUT2D eigenvalue weighted by Gasteiger charge is 2.12. The SMILES string of the molecule is Cc1c(-c2ccccc2)noc1CF. The molecule has 1 aromatic carbocycles. The maximum atomic E-state index is 12.4. The third-order valence-electron chi connectivity index (χ3n) is 2.19. The number of aromatic nitrogens is 1. The normalized spacial score (nSPS) is 10.4. The van der Waals surface area contributed by atoms with Crippen LogP contribution in [-0.2, 0) is 6.67 Å². The lowest BCUT2D eigenvalue weighted by molar-refractivity contribution is 0.330. The summed E-state index contributed by atoms with van der Waals surface area (Å²) in [5, 5.41) is 3.84. The fraction of sp³-hybridized carbons (Fsp3) is 0.182. The monoisotopic (exact) mass is 191 g/mol. The van der Waals surface area contributed by atoms with Gasteiger partial charge in [0.25, 0.3) is 0 Å². The van der Waals surface area contributed by atoms with Gasteiger partial charge in [0.15, 0.2) is 12.4 Å². The van der Waals surface area contributed by atoms with Crippen molar-refractivity contribution < 1.29 is 8.91 Å². The van der Waals surface area contributed by atoms with Gasteiger partial charge in [-0.2, -0.15) is 0 Å². The Balaban J connectivity index is 2.48. The Hall–Kier alpha value is -1.64. The van der Waals surface area contributed by atoms with Crippen LogP contribution in [0.4, 0.5) is 4.39 Å². The maximum absolute atomic E-state index is 12.4. The van der Waals surface area contributed by atoms with Crippen LogP contribution in [0, 0.1) is 6.92 Å². The zero-order chi connectivity index (χ0) is 9.97. The molecular weight excluding hydrogens is 181 g/mol. The Morgan fingerprint density at radius 2 is 2.00 bits per heavy atom. The summed E-state index contributed by atoms with van der Waals surface area (Å²) in [5.41, 5.74) is 2.45. The van der Waals surface area contributed by atoms with Crippen molar-refractivity contribution in [1.29, 1.82) is 0 Å². The van der Waals surface area contributed by atoms with Crippen LogP contribution in [0.25, 0.3) is 11.3 Å². The second kappa shape index (κ2) is 3.62. The molecule has 14 heavy (non-hydrogen) atoms. The van der Waals surface area contributed by atoms with E-state index in [1.807, 2.05) is 37.3 Å². The van der Waals surface area contributed by atoms with Gasteiger partial charge >= 0.3 is 0 Å². The molecule has 72 valence electrons. The molecule has 0 unspecified atom stereocenters. The van der Waals surface area contributed by atoms with Crippen LogP contribution in [-0.4, -0.2) is 5.16 Å². The lowest BCUT2D eigenvalue weighted by Crippen LogP contribution is -1.81. The Morgan fingerprint density at radius 3 is 2.57 bits per heavy atom. The largest absolute Gasteiger partial charge is 0.358 e. The van der Waals surface area contributed by atoms with E-state index in [1.165, 1.54) is 0 Å². The number of hydrogen-bond acceptors (Lipinski definition) is 2. The van der Waals surface area contributed by atoms with Gasteiger partial charge in [-0.25, -0.2) is 4.39 Å². The number of hydrogen-bond donors (Lipinski definition) is 0. The van der Waals surface area contributed by atoms with Gasteiger partial charge in [-0.3, -0.25) is 0 Å².